The van der Waals surface area contributed by atoms with E-state index >= 15 is 0 Å². The van der Waals surface area contributed by atoms with Gasteiger partial charge in [0.15, 0.2) is 21.2 Å². The third kappa shape index (κ3) is 2.10. The summed E-state index contributed by atoms with van der Waals surface area (Å²) in [6, 6.07) is 1.92. The maximum absolute atomic E-state index is 12.7. The number of halogens is 1. The summed E-state index contributed by atoms with van der Waals surface area (Å²) in [5.74, 6) is 0. The van der Waals surface area contributed by atoms with Gasteiger partial charge in [-0.2, -0.15) is 9.57 Å². The van der Waals surface area contributed by atoms with E-state index in [-0.39, 0.29) is 29.9 Å². The molecule has 0 spiro atoms. The van der Waals surface area contributed by atoms with Crippen LogP contribution in [0.4, 0.5) is 0 Å². The molecule has 0 aromatic carbocycles. The summed E-state index contributed by atoms with van der Waals surface area (Å²) in [6.07, 6.45) is 0.844. The predicted octanol–water partition coefficient (Wildman–Crippen LogP) is 0.962. The zero-order valence-electron chi connectivity index (χ0n) is 10.1. The lowest BCUT2D eigenvalue weighted by atomic mass is 10.3. The van der Waals surface area contributed by atoms with Crippen LogP contribution in [0.25, 0.3) is 4.96 Å². The van der Waals surface area contributed by atoms with Gasteiger partial charge >= 0.3 is 0 Å². The molecular weight excluding hydrogens is 324 g/mol. The zero-order valence-corrected chi connectivity index (χ0v) is 12.5. The van der Waals surface area contributed by atoms with Crippen molar-refractivity contribution in [2.45, 2.75) is 11.1 Å². The highest BCUT2D eigenvalue weighted by molar-refractivity contribution is 7.89. The van der Waals surface area contributed by atoms with Crippen molar-refractivity contribution in [3.8, 4) is 6.07 Å². The number of ether oxygens (including phenoxy) is 1. The van der Waals surface area contributed by atoms with E-state index in [0.717, 1.165) is 0 Å². The highest BCUT2D eigenvalue weighted by Crippen LogP contribution is 2.28. The predicted molar refractivity (Wildman–Crippen MR) is 72.2 cm³/mol. The van der Waals surface area contributed by atoms with Crippen LogP contribution in [0.2, 0.25) is 5.15 Å². The average Bonchev–Trinajstić information content (AvgIpc) is 2.98. The maximum Gasteiger partial charge on any atom is 0.262 e. The number of aromatic nitrogens is 2. The lowest BCUT2D eigenvalue weighted by Crippen LogP contribution is -2.45. The zero-order chi connectivity index (χ0) is 14.3. The fourth-order valence-electron chi connectivity index (χ4n) is 2.01. The summed E-state index contributed by atoms with van der Waals surface area (Å²) in [6.45, 7) is 0.363. The van der Waals surface area contributed by atoms with Crippen molar-refractivity contribution in [2.24, 2.45) is 0 Å². The van der Waals surface area contributed by atoms with Crippen LogP contribution in [-0.4, -0.2) is 47.9 Å². The van der Waals surface area contributed by atoms with Gasteiger partial charge in [0, 0.05) is 18.1 Å². The summed E-state index contributed by atoms with van der Waals surface area (Å²) in [5, 5.41) is 10.5. The molecule has 1 fully saturated rings. The van der Waals surface area contributed by atoms with Gasteiger partial charge in [-0.05, 0) is 0 Å². The van der Waals surface area contributed by atoms with Crippen LogP contribution in [-0.2, 0) is 14.8 Å². The second-order valence-electron chi connectivity index (χ2n) is 4.11. The molecule has 0 aliphatic carbocycles. The van der Waals surface area contributed by atoms with Gasteiger partial charge in [0.05, 0.1) is 19.2 Å². The average molecular weight is 333 g/mol. The molecule has 2 aromatic rings. The molecule has 2 aromatic heterocycles. The molecule has 1 aliphatic heterocycles. The van der Waals surface area contributed by atoms with Crippen molar-refractivity contribution < 1.29 is 13.2 Å². The number of fused-ring (bicyclic) bond motifs is 1. The fourth-order valence-corrected chi connectivity index (χ4v) is 4.84. The van der Waals surface area contributed by atoms with Gasteiger partial charge in [-0.25, -0.2) is 13.4 Å². The summed E-state index contributed by atoms with van der Waals surface area (Å²) < 4.78 is 33.1. The fraction of sp³-hybridized carbons (Fsp3) is 0.400. The number of nitrogens with zero attached hydrogens (tertiary/aromatic N) is 4. The van der Waals surface area contributed by atoms with E-state index in [2.05, 4.69) is 4.98 Å². The van der Waals surface area contributed by atoms with Gasteiger partial charge in [-0.1, -0.05) is 11.6 Å². The van der Waals surface area contributed by atoms with E-state index in [1.54, 1.807) is 11.6 Å². The Morgan fingerprint density at radius 1 is 1.60 bits per heavy atom. The highest BCUT2D eigenvalue weighted by atomic mass is 35.5. The largest absolute Gasteiger partial charge is 0.361 e. The van der Waals surface area contributed by atoms with E-state index in [1.807, 2.05) is 6.07 Å². The van der Waals surface area contributed by atoms with Gasteiger partial charge in [0.25, 0.3) is 10.0 Å². The second-order valence-corrected chi connectivity index (χ2v) is 7.20. The van der Waals surface area contributed by atoms with Crippen molar-refractivity contribution in [3.05, 3.63) is 16.7 Å². The Balaban J connectivity index is 2.06. The molecular formula is C10H9ClN4O3S2. The minimum atomic E-state index is -3.81. The summed E-state index contributed by atoms with van der Waals surface area (Å²) in [7, 11) is -3.81. The SMILES string of the molecule is N#CC1CN(S(=O)(=O)c2c(Cl)nc3sccn23)CCO1. The van der Waals surface area contributed by atoms with Crippen LogP contribution in [0.1, 0.15) is 0 Å². The smallest absolute Gasteiger partial charge is 0.262 e. The van der Waals surface area contributed by atoms with Crippen molar-refractivity contribution in [3.63, 3.8) is 0 Å². The van der Waals surface area contributed by atoms with Gasteiger partial charge < -0.3 is 4.74 Å². The molecule has 1 aliphatic rings. The first-order valence-corrected chi connectivity index (χ1v) is 8.36. The number of sulfonamides is 1. The van der Waals surface area contributed by atoms with Crippen LogP contribution in [0, 0.1) is 11.3 Å². The first kappa shape index (κ1) is 13.8. The third-order valence-electron chi connectivity index (χ3n) is 2.94. The van der Waals surface area contributed by atoms with E-state index in [9.17, 15) is 8.42 Å². The van der Waals surface area contributed by atoms with Crippen LogP contribution in [0.5, 0.6) is 0 Å². The number of hydrogen-bond acceptors (Lipinski definition) is 6. The minimum absolute atomic E-state index is 0.00741. The lowest BCUT2D eigenvalue weighted by molar-refractivity contribution is 0.0310. The molecule has 3 rings (SSSR count). The first-order chi connectivity index (χ1) is 9.54. The topological polar surface area (TPSA) is 87.7 Å². The molecule has 0 radical (unpaired) electrons. The van der Waals surface area contributed by atoms with E-state index in [4.69, 9.17) is 21.6 Å². The number of thiazole rings is 1. The van der Waals surface area contributed by atoms with Crippen molar-refractivity contribution in [2.75, 3.05) is 19.7 Å². The van der Waals surface area contributed by atoms with E-state index in [0.29, 0.717) is 4.96 Å². The molecule has 1 unspecified atom stereocenters. The number of hydrogen-bond donors (Lipinski definition) is 0. The molecule has 20 heavy (non-hydrogen) atoms. The van der Waals surface area contributed by atoms with Gasteiger partial charge in [-0.3, -0.25) is 4.40 Å². The monoisotopic (exact) mass is 332 g/mol. The lowest BCUT2D eigenvalue weighted by Gasteiger charge is -2.28. The summed E-state index contributed by atoms with van der Waals surface area (Å²) in [4.78, 5) is 4.53. The molecule has 10 heteroatoms. The number of morpholine rings is 1. The molecule has 7 nitrogen and oxygen atoms in total. The van der Waals surface area contributed by atoms with Crippen molar-refractivity contribution in [1.82, 2.24) is 13.7 Å². The van der Waals surface area contributed by atoms with Gasteiger partial charge in [-0.15, -0.1) is 11.3 Å². The number of nitriles is 1. The first-order valence-electron chi connectivity index (χ1n) is 5.66. The van der Waals surface area contributed by atoms with Gasteiger partial charge in [0.2, 0.25) is 0 Å². The number of rotatable bonds is 2. The Labute approximate surface area is 124 Å². The Morgan fingerprint density at radius 3 is 3.15 bits per heavy atom. The van der Waals surface area contributed by atoms with Crippen LogP contribution in [0.3, 0.4) is 0 Å². The normalized spacial score (nSPS) is 21.1. The summed E-state index contributed by atoms with van der Waals surface area (Å²) in [5.41, 5.74) is 0. The molecule has 1 saturated heterocycles. The minimum Gasteiger partial charge on any atom is -0.361 e. The second kappa shape index (κ2) is 4.98. The molecule has 106 valence electrons. The molecule has 0 N–H and O–H groups in total. The quantitative estimate of drug-likeness (QED) is 0.817. The van der Waals surface area contributed by atoms with Crippen LogP contribution >= 0.6 is 22.9 Å². The molecule has 3 heterocycles. The standard InChI is InChI=1S/C10H9ClN4O3S2/c11-8-9(15-2-4-19-10(15)13-8)20(16,17)14-1-3-18-7(5-12)6-14/h2,4,7H,1,3,6H2. The molecule has 0 bridgehead atoms. The Kier molecular flexibility index (Phi) is 3.43. The van der Waals surface area contributed by atoms with Crippen LogP contribution < -0.4 is 0 Å². The molecule has 0 saturated carbocycles. The van der Waals surface area contributed by atoms with Crippen molar-refractivity contribution >= 4 is 37.9 Å². The van der Waals surface area contributed by atoms with Crippen molar-refractivity contribution in [1.29, 1.82) is 5.26 Å². The van der Waals surface area contributed by atoms with Crippen LogP contribution in [0.15, 0.2) is 16.6 Å². The highest BCUT2D eigenvalue weighted by Gasteiger charge is 2.35. The Morgan fingerprint density at radius 2 is 2.40 bits per heavy atom. The Bertz CT molecular complexity index is 791. The van der Waals surface area contributed by atoms with Gasteiger partial charge in [0.1, 0.15) is 0 Å². The maximum atomic E-state index is 12.7. The van der Waals surface area contributed by atoms with E-state index < -0.39 is 16.1 Å². The summed E-state index contributed by atoms with van der Waals surface area (Å²) >= 11 is 7.25. The van der Waals surface area contributed by atoms with E-state index in [1.165, 1.54) is 20.0 Å². The molecule has 0 amide bonds. The third-order valence-corrected chi connectivity index (χ3v) is 5.96. The molecule has 1 atom stereocenters. The number of imidazole rings is 1. The Hall–Kier alpha value is -1.18.